The molecule has 0 unspecified atom stereocenters. The second kappa shape index (κ2) is 4.75. The molecular weight excluding hydrogens is 210 g/mol. The minimum Gasteiger partial charge on any atom is -0.481 e. The fraction of sp³-hybridized carbons (Fsp3) is 0.636. The summed E-state index contributed by atoms with van der Waals surface area (Å²) in [5.74, 6) is -0.769. The van der Waals surface area contributed by atoms with Crippen LogP contribution in [0.4, 0.5) is 0 Å². The molecule has 0 fully saturated rings. The molecule has 0 bridgehead atoms. The molecule has 84 valence electrons. The Balaban J connectivity index is 2.68. The fourth-order valence-corrected chi connectivity index (χ4v) is 2.31. The number of hydrogen-bond donors (Lipinski definition) is 1. The van der Waals surface area contributed by atoms with Gasteiger partial charge in [-0.05, 0) is 20.3 Å². The minimum atomic E-state index is -0.769. The summed E-state index contributed by atoms with van der Waals surface area (Å²) in [6.45, 7) is 5.58. The molecule has 0 aliphatic rings. The number of carboxylic acids is 1. The van der Waals surface area contributed by atoms with Gasteiger partial charge in [-0.3, -0.25) is 4.79 Å². The molecular formula is C11H17NO2S. The van der Waals surface area contributed by atoms with Crippen molar-refractivity contribution in [2.45, 2.75) is 40.0 Å². The van der Waals surface area contributed by atoms with Crippen LogP contribution >= 0.6 is 11.3 Å². The number of carbonyl (C=O) groups is 1. The summed E-state index contributed by atoms with van der Waals surface area (Å²) in [5.41, 5.74) is 0.361. The van der Waals surface area contributed by atoms with Crippen molar-refractivity contribution in [2.24, 2.45) is 5.41 Å². The maximum Gasteiger partial charge on any atom is 0.309 e. The lowest BCUT2D eigenvalue weighted by Crippen LogP contribution is -2.26. The Hall–Kier alpha value is -0.900. The van der Waals surface area contributed by atoms with Crippen molar-refractivity contribution in [1.82, 2.24) is 4.98 Å². The van der Waals surface area contributed by atoms with Gasteiger partial charge in [0.2, 0.25) is 0 Å². The van der Waals surface area contributed by atoms with E-state index in [0.717, 1.165) is 23.5 Å². The van der Waals surface area contributed by atoms with Gasteiger partial charge in [0.15, 0.2) is 0 Å². The maximum atomic E-state index is 10.9. The second-order valence-electron chi connectivity index (χ2n) is 4.35. The Morgan fingerprint density at radius 3 is 2.80 bits per heavy atom. The van der Waals surface area contributed by atoms with Crippen molar-refractivity contribution in [3.05, 3.63) is 16.1 Å². The molecule has 0 spiro atoms. The largest absolute Gasteiger partial charge is 0.481 e. The van der Waals surface area contributed by atoms with E-state index in [1.54, 1.807) is 25.2 Å². The molecule has 1 heterocycles. The lowest BCUT2D eigenvalue weighted by atomic mass is 9.90. The summed E-state index contributed by atoms with van der Waals surface area (Å²) in [7, 11) is 0. The van der Waals surface area contributed by atoms with Crippen LogP contribution in [-0.2, 0) is 17.6 Å². The molecule has 0 aromatic carbocycles. The van der Waals surface area contributed by atoms with Crippen molar-refractivity contribution >= 4 is 17.3 Å². The van der Waals surface area contributed by atoms with Gasteiger partial charge in [-0.25, -0.2) is 4.98 Å². The van der Waals surface area contributed by atoms with Gasteiger partial charge in [-0.1, -0.05) is 13.3 Å². The summed E-state index contributed by atoms with van der Waals surface area (Å²) in [6.07, 6.45) is 2.56. The molecule has 0 saturated carbocycles. The number of hydrogen-bond acceptors (Lipinski definition) is 3. The molecule has 0 radical (unpaired) electrons. The van der Waals surface area contributed by atoms with E-state index in [9.17, 15) is 4.79 Å². The van der Waals surface area contributed by atoms with E-state index in [0.29, 0.717) is 6.42 Å². The van der Waals surface area contributed by atoms with E-state index in [1.807, 2.05) is 5.38 Å². The highest BCUT2D eigenvalue weighted by Gasteiger charge is 2.28. The summed E-state index contributed by atoms with van der Waals surface area (Å²) in [4.78, 5) is 15.4. The molecule has 4 heteroatoms. The highest BCUT2D eigenvalue weighted by Crippen LogP contribution is 2.24. The van der Waals surface area contributed by atoms with Crippen LogP contribution in [0.1, 0.15) is 37.9 Å². The van der Waals surface area contributed by atoms with Crippen molar-refractivity contribution < 1.29 is 9.90 Å². The van der Waals surface area contributed by atoms with Gasteiger partial charge in [-0.15, -0.1) is 11.3 Å². The Morgan fingerprint density at radius 2 is 2.27 bits per heavy atom. The predicted octanol–water partition coefficient (Wildman–Crippen LogP) is 2.75. The van der Waals surface area contributed by atoms with Crippen LogP contribution in [0.3, 0.4) is 0 Å². The zero-order chi connectivity index (χ0) is 11.5. The lowest BCUT2D eigenvalue weighted by Gasteiger charge is -2.16. The van der Waals surface area contributed by atoms with Crippen LogP contribution in [0.5, 0.6) is 0 Å². The molecule has 1 N–H and O–H groups in total. The maximum absolute atomic E-state index is 10.9. The minimum absolute atomic E-state index is 0.511. The third kappa shape index (κ3) is 3.30. The molecule has 0 aliphatic heterocycles. The zero-order valence-electron chi connectivity index (χ0n) is 9.41. The number of aliphatic carboxylic acids is 1. The predicted molar refractivity (Wildman–Crippen MR) is 61.2 cm³/mol. The number of rotatable bonds is 5. The van der Waals surface area contributed by atoms with Crippen molar-refractivity contribution in [3.8, 4) is 0 Å². The molecule has 0 aliphatic carbocycles. The summed E-state index contributed by atoms with van der Waals surface area (Å²) in [5, 5.41) is 11.9. The average Bonchev–Trinajstić information content (AvgIpc) is 2.52. The van der Waals surface area contributed by atoms with Gasteiger partial charge in [0, 0.05) is 11.8 Å². The molecule has 0 atom stereocenters. The van der Waals surface area contributed by atoms with Crippen LogP contribution in [0.25, 0.3) is 0 Å². The summed E-state index contributed by atoms with van der Waals surface area (Å²) in [6, 6.07) is 0. The molecule has 3 nitrogen and oxygen atoms in total. The molecule has 1 rings (SSSR count). The standard InChI is InChI=1S/C11H17NO2S/c1-4-5-8-7-15-9(12-8)6-11(2,3)10(13)14/h7H,4-6H2,1-3H3,(H,13,14). The monoisotopic (exact) mass is 227 g/mol. The third-order valence-electron chi connectivity index (χ3n) is 2.28. The molecule has 15 heavy (non-hydrogen) atoms. The second-order valence-corrected chi connectivity index (χ2v) is 5.29. The van der Waals surface area contributed by atoms with E-state index >= 15 is 0 Å². The summed E-state index contributed by atoms with van der Waals surface area (Å²) < 4.78 is 0. The van der Waals surface area contributed by atoms with Gasteiger partial charge >= 0.3 is 5.97 Å². The Bertz CT molecular complexity index is 344. The number of aryl methyl sites for hydroxylation is 1. The van der Waals surface area contributed by atoms with Gasteiger partial charge in [0.1, 0.15) is 0 Å². The van der Waals surface area contributed by atoms with Crippen LogP contribution < -0.4 is 0 Å². The van der Waals surface area contributed by atoms with Gasteiger partial charge in [0.25, 0.3) is 0 Å². The highest BCUT2D eigenvalue weighted by atomic mass is 32.1. The first-order valence-corrected chi connectivity index (χ1v) is 6.00. The first kappa shape index (κ1) is 12.2. The van der Waals surface area contributed by atoms with E-state index in [1.165, 1.54) is 0 Å². The quantitative estimate of drug-likeness (QED) is 0.841. The van der Waals surface area contributed by atoms with E-state index < -0.39 is 11.4 Å². The van der Waals surface area contributed by atoms with Crippen LogP contribution in [0, 0.1) is 5.41 Å². The fourth-order valence-electron chi connectivity index (χ4n) is 1.25. The SMILES string of the molecule is CCCc1csc(CC(C)(C)C(=O)O)n1. The Morgan fingerprint density at radius 1 is 1.60 bits per heavy atom. The number of carboxylic acid groups (broad SMARTS) is 1. The number of nitrogens with zero attached hydrogens (tertiary/aromatic N) is 1. The first-order valence-electron chi connectivity index (χ1n) is 5.12. The molecule has 1 aromatic heterocycles. The van der Waals surface area contributed by atoms with Crippen LogP contribution in [-0.4, -0.2) is 16.1 Å². The van der Waals surface area contributed by atoms with E-state index in [2.05, 4.69) is 11.9 Å². The average molecular weight is 227 g/mol. The van der Waals surface area contributed by atoms with E-state index in [-0.39, 0.29) is 0 Å². The molecule has 0 amide bonds. The van der Waals surface area contributed by atoms with Crippen molar-refractivity contribution in [1.29, 1.82) is 0 Å². The Kier molecular flexibility index (Phi) is 3.85. The molecule has 1 aromatic rings. The van der Waals surface area contributed by atoms with Gasteiger partial charge < -0.3 is 5.11 Å². The smallest absolute Gasteiger partial charge is 0.309 e. The lowest BCUT2D eigenvalue weighted by molar-refractivity contribution is -0.146. The molecule has 0 saturated heterocycles. The summed E-state index contributed by atoms with van der Waals surface area (Å²) >= 11 is 1.56. The first-order chi connectivity index (χ1) is 6.95. The van der Waals surface area contributed by atoms with Gasteiger partial charge in [-0.2, -0.15) is 0 Å². The third-order valence-corrected chi connectivity index (χ3v) is 3.18. The normalized spacial score (nSPS) is 11.7. The Labute approximate surface area is 94.2 Å². The van der Waals surface area contributed by atoms with Crippen LogP contribution in [0.15, 0.2) is 5.38 Å². The van der Waals surface area contributed by atoms with Crippen molar-refractivity contribution in [2.75, 3.05) is 0 Å². The number of thiazole rings is 1. The van der Waals surface area contributed by atoms with Crippen molar-refractivity contribution in [3.63, 3.8) is 0 Å². The topological polar surface area (TPSA) is 50.2 Å². The van der Waals surface area contributed by atoms with Gasteiger partial charge in [0.05, 0.1) is 16.1 Å². The zero-order valence-corrected chi connectivity index (χ0v) is 10.2. The highest BCUT2D eigenvalue weighted by molar-refractivity contribution is 7.09. The number of aromatic nitrogens is 1. The van der Waals surface area contributed by atoms with E-state index in [4.69, 9.17) is 5.11 Å². The van der Waals surface area contributed by atoms with Crippen LogP contribution in [0.2, 0.25) is 0 Å².